The van der Waals surface area contributed by atoms with Crippen LogP contribution in [0.3, 0.4) is 0 Å². The van der Waals surface area contributed by atoms with Crippen LogP contribution in [0, 0.1) is 0 Å². The van der Waals surface area contributed by atoms with Gasteiger partial charge in [-0.05, 0) is 6.92 Å². The Kier molecular flexibility index (Phi) is 3.98. The summed E-state index contributed by atoms with van der Waals surface area (Å²) in [5.41, 5.74) is 5.30. The summed E-state index contributed by atoms with van der Waals surface area (Å²) in [5, 5.41) is 0.528. The zero-order chi connectivity index (χ0) is 13.1. The lowest BCUT2D eigenvalue weighted by Gasteiger charge is -2.36. The molecule has 1 atom stereocenters. The first kappa shape index (κ1) is 13.0. The van der Waals surface area contributed by atoms with Crippen molar-refractivity contribution in [3.8, 4) is 0 Å². The Morgan fingerprint density at radius 3 is 2.39 bits per heavy atom. The van der Waals surface area contributed by atoms with Gasteiger partial charge in [-0.1, -0.05) is 11.6 Å². The second kappa shape index (κ2) is 5.49. The molecule has 1 aromatic heterocycles. The summed E-state index contributed by atoms with van der Waals surface area (Å²) in [7, 11) is 0. The first-order chi connectivity index (χ1) is 8.58. The molecule has 1 saturated heterocycles. The minimum absolute atomic E-state index is 0.224. The molecule has 0 aromatic carbocycles. The van der Waals surface area contributed by atoms with E-state index >= 15 is 0 Å². The average Bonchev–Trinajstić information content (AvgIpc) is 2.39. The molecule has 6 nitrogen and oxygen atoms in total. The van der Waals surface area contributed by atoms with Gasteiger partial charge in [0.05, 0.1) is 23.5 Å². The average molecular weight is 270 g/mol. The van der Waals surface area contributed by atoms with Gasteiger partial charge in [0.1, 0.15) is 0 Å². The molecule has 0 aliphatic carbocycles. The van der Waals surface area contributed by atoms with E-state index in [-0.39, 0.29) is 11.9 Å². The van der Waals surface area contributed by atoms with Gasteiger partial charge < -0.3 is 10.6 Å². The third kappa shape index (κ3) is 2.88. The van der Waals surface area contributed by atoms with E-state index in [1.165, 1.54) is 0 Å². The number of carbonyl (C=O) groups excluding carboxylic acids is 1. The number of anilines is 1. The van der Waals surface area contributed by atoms with Crippen LogP contribution in [-0.2, 0) is 4.79 Å². The fraction of sp³-hybridized carbons (Fsp3) is 0.545. The fourth-order valence-corrected chi connectivity index (χ4v) is 2.06. The van der Waals surface area contributed by atoms with Crippen molar-refractivity contribution >= 4 is 23.5 Å². The van der Waals surface area contributed by atoms with Crippen molar-refractivity contribution in [1.82, 2.24) is 14.9 Å². The molecule has 2 rings (SSSR count). The number of nitrogens with zero attached hydrogens (tertiary/aromatic N) is 4. The van der Waals surface area contributed by atoms with E-state index in [9.17, 15) is 4.79 Å². The lowest BCUT2D eigenvalue weighted by atomic mass is 10.2. The highest BCUT2D eigenvalue weighted by molar-refractivity contribution is 6.30. The molecule has 2 heterocycles. The van der Waals surface area contributed by atoms with Crippen LogP contribution in [0.1, 0.15) is 6.92 Å². The van der Waals surface area contributed by atoms with Crippen LogP contribution in [0.25, 0.3) is 0 Å². The Morgan fingerprint density at radius 1 is 1.33 bits per heavy atom. The highest BCUT2D eigenvalue weighted by Crippen LogP contribution is 2.13. The summed E-state index contributed by atoms with van der Waals surface area (Å²) in [5.74, 6) is 0.386. The van der Waals surface area contributed by atoms with E-state index < -0.39 is 0 Å². The number of amides is 1. The molecule has 1 unspecified atom stereocenters. The number of carbonyl (C=O) groups is 1. The Morgan fingerprint density at radius 2 is 1.89 bits per heavy atom. The minimum Gasteiger partial charge on any atom is -0.368 e. The van der Waals surface area contributed by atoms with E-state index in [2.05, 4.69) is 19.8 Å². The van der Waals surface area contributed by atoms with Gasteiger partial charge in [-0.25, -0.2) is 9.97 Å². The van der Waals surface area contributed by atoms with E-state index in [0.29, 0.717) is 11.0 Å². The molecule has 0 spiro atoms. The molecule has 18 heavy (non-hydrogen) atoms. The number of aromatic nitrogens is 2. The summed E-state index contributed by atoms with van der Waals surface area (Å²) in [6.45, 7) is 4.93. The molecule has 1 fully saturated rings. The van der Waals surface area contributed by atoms with Gasteiger partial charge in [-0.15, -0.1) is 0 Å². The zero-order valence-corrected chi connectivity index (χ0v) is 11.0. The summed E-state index contributed by atoms with van der Waals surface area (Å²) in [4.78, 5) is 23.6. The van der Waals surface area contributed by atoms with Crippen molar-refractivity contribution in [2.24, 2.45) is 5.73 Å². The first-order valence-corrected chi connectivity index (χ1v) is 6.21. The normalized spacial score (nSPS) is 18.7. The van der Waals surface area contributed by atoms with Crippen molar-refractivity contribution in [1.29, 1.82) is 0 Å². The molecule has 0 radical (unpaired) electrons. The molecule has 1 aliphatic rings. The zero-order valence-electron chi connectivity index (χ0n) is 10.2. The fourth-order valence-electron chi connectivity index (χ4n) is 1.96. The number of halogens is 1. The van der Waals surface area contributed by atoms with E-state index in [1.54, 1.807) is 12.4 Å². The molecule has 0 bridgehead atoms. The summed E-state index contributed by atoms with van der Waals surface area (Å²) in [6, 6.07) is -0.224. The lowest BCUT2D eigenvalue weighted by Crippen LogP contribution is -2.53. The van der Waals surface area contributed by atoms with Crippen molar-refractivity contribution in [3.63, 3.8) is 0 Å². The van der Waals surface area contributed by atoms with Crippen LogP contribution >= 0.6 is 11.6 Å². The SMILES string of the molecule is CC(C(N)=O)N1CCN(c2ncc(Cl)cn2)CC1. The maximum absolute atomic E-state index is 11.1. The number of piperazine rings is 1. The summed E-state index contributed by atoms with van der Waals surface area (Å²) < 4.78 is 0. The van der Waals surface area contributed by atoms with Gasteiger partial charge in [-0.2, -0.15) is 0 Å². The second-order valence-electron chi connectivity index (χ2n) is 4.30. The smallest absolute Gasteiger partial charge is 0.234 e. The standard InChI is InChI=1S/C11H16ClN5O/c1-8(10(13)18)16-2-4-17(5-3-16)11-14-6-9(12)7-15-11/h6-8H,2-5H2,1H3,(H2,13,18). The van der Waals surface area contributed by atoms with Gasteiger partial charge >= 0.3 is 0 Å². The minimum atomic E-state index is -0.286. The highest BCUT2D eigenvalue weighted by atomic mass is 35.5. The van der Waals surface area contributed by atoms with Crippen molar-refractivity contribution in [2.45, 2.75) is 13.0 Å². The third-order valence-corrected chi connectivity index (χ3v) is 3.36. The number of hydrogen-bond acceptors (Lipinski definition) is 5. The number of nitrogens with two attached hydrogens (primary N) is 1. The van der Waals surface area contributed by atoms with Crippen LogP contribution in [0.2, 0.25) is 5.02 Å². The van der Waals surface area contributed by atoms with Crippen molar-refractivity contribution in [3.05, 3.63) is 17.4 Å². The maximum atomic E-state index is 11.1. The van der Waals surface area contributed by atoms with Crippen LogP contribution in [0.5, 0.6) is 0 Å². The Balaban J connectivity index is 1.94. The number of primary amides is 1. The number of hydrogen-bond donors (Lipinski definition) is 1. The van der Waals surface area contributed by atoms with E-state index in [1.807, 2.05) is 6.92 Å². The van der Waals surface area contributed by atoms with Gasteiger partial charge in [0.2, 0.25) is 11.9 Å². The second-order valence-corrected chi connectivity index (χ2v) is 4.74. The summed E-state index contributed by atoms with van der Waals surface area (Å²) in [6.07, 6.45) is 3.17. The van der Waals surface area contributed by atoms with E-state index in [4.69, 9.17) is 17.3 Å². The predicted octanol–water partition coefficient (Wildman–Crippen LogP) is 0.126. The topological polar surface area (TPSA) is 75.4 Å². The maximum Gasteiger partial charge on any atom is 0.234 e. The monoisotopic (exact) mass is 269 g/mol. The Labute approximate surface area is 111 Å². The molecule has 1 aromatic rings. The number of rotatable bonds is 3. The Bertz CT molecular complexity index is 416. The van der Waals surface area contributed by atoms with E-state index in [0.717, 1.165) is 26.2 Å². The van der Waals surface area contributed by atoms with Gasteiger partial charge in [0.15, 0.2) is 0 Å². The molecule has 1 amide bonds. The molecule has 0 saturated carbocycles. The molecule has 2 N–H and O–H groups in total. The lowest BCUT2D eigenvalue weighted by molar-refractivity contribution is -0.122. The molecular formula is C11H16ClN5O. The van der Waals surface area contributed by atoms with Gasteiger partial charge in [0, 0.05) is 26.2 Å². The van der Waals surface area contributed by atoms with Crippen LogP contribution < -0.4 is 10.6 Å². The Hall–Kier alpha value is -1.40. The molecular weight excluding hydrogens is 254 g/mol. The molecule has 98 valence electrons. The first-order valence-electron chi connectivity index (χ1n) is 5.84. The highest BCUT2D eigenvalue weighted by Gasteiger charge is 2.24. The predicted molar refractivity (Wildman–Crippen MR) is 69.5 cm³/mol. The quantitative estimate of drug-likeness (QED) is 0.844. The summed E-state index contributed by atoms with van der Waals surface area (Å²) >= 11 is 5.75. The largest absolute Gasteiger partial charge is 0.368 e. The van der Waals surface area contributed by atoms with Crippen molar-refractivity contribution < 1.29 is 4.79 Å². The molecule has 7 heteroatoms. The van der Waals surface area contributed by atoms with Crippen LogP contribution in [-0.4, -0.2) is 53.0 Å². The van der Waals surface area contributed by atoms with Crippen LogP contribution in [0.15, 0.2) is 12.4 Å². The molecule has 1 aliphatic heterocycles. The van der Waals surface area contributed by atoms with Gasteiger partial charge in [-0.3, -0.25) is 9.69 Å². The van der Waals surface area contributed by atoms with Crippen LogP contribution in [0.4, 0.5) is 5.95 Å². The third-order valence-electron chi connectivity index (χ3n) is 3.16. The van der Waals surface area contributed by atoms with Gasteiger partial charge in [0.25, 0.3) is 0 Å². The van der Waals surface area contributed by atoms with Crippen molar-refractivity contribution in [2.75, 3.05) is 31.1 Å².